The van der Waals surface area contributed by atoms with E-state index in [1.807, 2.05) is 30.2 Å². The van der Waals surface area contributed by atoms with Gasteiger partial charge in [-0.2, -0.15) is 0 Å². The van der Waals surface area contributed by atoms with Gasteiger partial charge < -0.3 is 5.32 Å². The average Bonchev–Trinajstić information content (AvgIpc) is 2.43. The monoisotopic (exact) mass is 279 g/mol. The van der Waals surface area contributed by atoms with Crippen LogP contribution in [0.25, 0.3) is 0 Å². The Morgan fingerprint density at radius 3 is 2.74 bits per heavy atom. The van der Waals surface area contributed by atoms with Gasteiger partial charge in [0.05, 0.1) is 0 Å². The van der Waals surface area contributed by atoms with Crippen LogP contribution in [0.2, 0.25) is 0 Å². The molecule has 19 heavy (non-hydrogen) atoms. The van der Waals surface area contributed by atoms with Gasteiger partial charge in [0.1, 0.15) is 0 Å². The van der Waals surface area contributed by atoms with Crippen LogP contribution in [0.4, 0.5) is 0 Å². The Kier molecular flexibility index (Phi) is 6.11. The van der Waals surface area contributed by atoms with Crippen LogP contribution >= 0.6 is 11.8 Å². The van der Waals surface area contributed by atoms with E-state index < -0.39 is 0 Å². The molecule has 1 heterocycles. The Balaban J connectivity index is 1.98. The minimum Gasteiger partial charge on any atom is -0.313 e. The van der Waals surface area contributed by atoms with Gasteiger partial charge in [0.15, 0.2) is 5.16 Å². The molecule has 0 radical (unpaired) electrons. The molecule has 0 aromatic carbocycles. The molecule has 1 aliphatic rings. The lowest BCUT2D eigenvalue weighted by molar-refractivity contribution is 0.289. The Hall–Kier alpha value is -0.610. The summed E-state index contributed by atoms with van der Waals surface area (Å²) in [5.41, 5.74) is 0. The van der Waals surface area contributed by atoms with E-state index in [0.29, 0.717) is 11.3 Å². The first-order chi connectivity index (χ1) is 9.33. The third-order valence-corrected chi connectivity index (χ3v) is 5.11. The number of rotatable bonds is 6. The molecule has 0 aliphatic heterocycles. The van der Waals surface area contributed by atoms with Crippen molar-refractivity contribution in [3.05, 3.63) is 18.5 Å². The lowest BCUT2D eigenvalue weighted by Gasteiger charge is -2.35. The molecule has 2 rings (SSSR count). The second-order valence-electron chi connectivity index (χ2n) is 5.32. The minimum absolute atomic E-state index is 0.618. The first-order valence-electron chi connectivity index (χ1n) is 7.50. The number of hydrogen-bond donors (Lipinski definition) is 1. The lowest BCUT2D eigenvalue weighted by Crippen LogP contribution is -2.42. The van der Waals surface area contributed by atoms with E-state index in [4.69, 9.17) is 0 Å². The zero-order valence-corrected chi connectivity index (χ0v) is 12.8. The topological polar surface area (TPSA) is 37.8 Å². The molecule has 3 nitrogen and oxygen atoms in total. The van der Waals surface area contributed by atoms with Crippen molar-refractivity contribution in [1.29, 1.82) is 0 Å². The van der Waals surface area contributed by atoms with E-state index in [0.717, 1.165) is 17.6 Å². The van der Waals surface area contributed by atoms with Crippen LogP contribution in [0.1, 0.15) is 46.0 Å². The SMILES string of the molecule is CCCC1CCC(NCC)C(Sc2ncccn2)C1. The normalized spacial score (nSPS) is 27.4. The number of nitrogens with zero attached hydrogens (tertiary/aromatic N) is 2. The zero-order valence-electron chi connectivity index (χ0n) is 12.0. The molecule has 1 saturated carbocycles. The molecule has 4 heteroatoms. The molecule has 0 amide bonds. The van der Waals surface area contributed by atoms with E-state index in [2.05, 4.69) is 29.1 Å². The van der Waals surface area contributed by atoms with Crippen molar-refractivity contribution in [2.45, 2.75) is 62.4 Å². The fraction of sp³-hybridized carbons (Fsp3) is 0.733. The van der Waals surface area contributed by atoms with Gasteiger partial charge in [-0.3, -0.25) is 0 Å². The Morgan fingerprint density at radius 1 is 1.26 bits per heavy atom. The summed E-state index contributed by atoms with van der Waals surface area (Å²) in [4.78, 5) is 8.73. The standard InChI is InChI=1S/C15H25N3S/c1-3-6-12-7-8-13(16-4-2)14(11-12)19-15-17-9-5-10-18-15/h5,9-10,12-14,16H,3-4,6-8,11H2,1-2H3. The van der Waals surface area contributed by atoms with Crippen molar-refractivity contribution in [2.75, 3.05) is 6.54 Å². The molecule has 0 saturated heterocycles. The Labute approximate surface area is 121 Å². The van der Waals surface area contributed by atoms with Crippen LogP contribution in [0.5, 0.6) is 0 Å². The minimum atomic E-state index is 0.618. The predicted molar refractivity (Wildman–Crippen MR) is 81.4 cm³/mol. The van der Waals surface area contributed by atoms with Gasteiger partial charge in [0, 0.05) is 23.7 Å². The van der Waals surface area contributed by atoms with Crippen molar-refractivity contribution in [2.24, 2.45) is 5.92 Å². The molecule has 0 bridgehead atoms. The van der Waals surface area contributed by atoms with Crippen LogP contribution in [0, 0.1) is 5.92 Å². The highest BCUT2D eigenvalue weighted by atomic mass is 32.2. The van der Waals surface area contributed by atoms with Crippen LogP contribution < -0.4 is 5.32 Å². The fourth-order valence-electron chi connectivity index (χ4n) is 2.99. The van der Waals surface area contributed by atoms with Crippen LogP contribution in [0.3, 0.4) is 0 Å². The summed E-state index contributed by atoms with van der Waals surface area (Å²) < 4.78 is 0. The van der Waals surface area contributed by atoms with Crippen LogP contribution in [-0.4, -0.2) is 27.8 Å². The number of nitrogens with one attached hydrogen (secondary N) is 1. The molecule has 1 aromatic heterocycles. The number of aromatic nitrogens is 2. The first kappa shape index (κ1) is 14.8. The van der Waals surface area contributed by atoms with Crippen LogP contribution in [-0.2, 0) is 0 Å². The molecule has 3 unspecified atom stereocenters. The summed E-state index contributed by atoms with van der Waals surface area (Å²) in [6.07, 6.45) is 10.3. The number of thioether (sulfide) groups is 1. The summed E-state index contributed by atoms with van der Waals surface area (Å²) >= 11 is 1.86. The molecule has 106 valence electrons. The molecule has 1 fully saturated rings. The van der Waals surface area contributed by atoms with Crippen molar-refractivity contribution in [3.8, 4) is 0 Å². The third-order valence-electron chi connectivity index (χ3n) is 3.86. The maximum atomic E-state index is 4.36. The number of hydrogen-bond acceptors (Lipinski definition) is 4. The Morgan fingerprint density at radius 2 is 2.05 bits per heavy atom. The van der Waals surface area contributed by atoms with E-state index in [1.54, 1.807) is 0 Å². The summed E-state index contributed by atoms with van der Waals surface area (Å²) in [6, 6.07) is 2.50. The van der Waals surface area contributed by atoms with E-state index >= 15 is 0 Å². The van der Waals surface area contributed by atoms with Gasteiger partial charge in [-0.1, -0.05) is 38.5 Å². The maximum Gasteiger partial charge on any atom is 0.187 e. The summed E-state index contributed by atoms with van der Waals surface area (Å²) in [7, 11) is 0. The van der Waals surface area contributed by atoms with Crippen molar-refractivity contribution in [3.63, 3.8) is 0 Å². The average molecular weight is 279 g/mol. The van der Waals surface area contributed by atoms with Crippen LogP contribution in [0.15, 0.2) is 23.6 Å². The van der Waals surface area contributed by atoms with Gasteiger partial charge in [-0.25, -0.2) is 9.97 Å². The van der Waals surface area contributed by atoms with E-state index in [-0.39, 0.29) is 0 Å². The molecular weight excluding hydrogens is 254 g/mol. The largest absolute Gasteiger partial charge is 0.313 e. The highest BCUT2D eigenvalue weighted by molar-refractivity contribution is 7.99. The summed E-state index contributed by atoms with van der Waals surface area (Å²) in [6.45, 7) is 5.54. The maximum absolute atomic E-state index is 4.36. The van der Waals surface area contributed by atoms with E-state index in [9.17, 15) is 0 Å². The highest BCUT2D eigenvalue weighted by Gasteiger charge is 2.30. The van der Waals surface area contributed by atoms with Crippen molar-refractivity contribution >= 4 is 11.8 Å². The predicted octanol–water partition coefficient (Wildman–Crippen LogP) is 3.52. The van der Waals surface area contributed by atoms with Crippen molar-refractivity contribution < 1.29 is 0 Å². The second kappa shape index (κ2) is 7.85. The first-order valence-corrected chi connectivity index (χ1v) is 8.38. The van der Waals surface area contributed by atoms with Gasteiger partial charge in [-0.05, 0) is 37.8 Å². The van der Waals surface area contributed by atoms with Gasteiger partial charge in [0.2, 0.25) is 0 Å². The quantitative estimate of drug-likeness (QED) is 0.809. The van der Waals surface area contributed by atoms with Gasteiger partial charge in [0.25, 0.3) is 0 Å². The summed E-state index contributed by atoms with van der Waals surface area (Å²) in [5, 5.41) is 5.18. The molecule has 1 aromatic rings. The highest BCUT2D eigenvalue weighted by Crippen LogP contribution is 2.36. The zero-order chi connectivity index (χ0) is 13.5. The van der Waals surface area contributed by atoms with E-state index in [1.165, 1.54) is 32.1 Å². The lowest BCUT2D eigenvalue weighted by atomic mass is 9.83. The van der Waals surface area contributed by atoms with Crippen molar-refractivity contribution in [1.82, 2.24) is 15.3 Å². The Bertz CT molecular complexity index is 358. The molecule has 1 N–H and O–H groups in total. The van der Waals surface area contributed by atoms with Gasteiger partial charge in [-0.15, -0.1) is 0 Å². The third kappa shape index (κ3) is 4.46. The fourth-order valence-corrected chi connectivity index (χ4v) is 4.27. The molecular formula is C15H25N3S. The molecule has 3 atom stereocenters. The molecule has 1 aliphatic carbocycles. The van der Waals surface area contributed by atoms with Gasteiger partial charge >= 0.3 is 0 Å². The smallest absolute Gasteiger partial charge is 0.187 e. The molecule has 0 spiro atoms. The second-order valence-corrected chi connectivity index (χ2v) is 6.53. The summed E-state index contributed by atoms with van der Waals surface area (Å²) in [5.74, 6) is 0.890.